The van der Waals surface area contributed by atoms with Gasteiger partial charge in [-0.05, 0) is 29.8 Å². The van der Waals surface area contributed by atoms with Crippen LogP contribution >= 0.6 is 0 Å². The minimum atomic E-state index is -1.00. The number of methoxy groups -OCH3 is 2. The molecule has 7 nitrogen and oxygen atoms in total. The average Bonchev–Trinajstić information content (AvgIpc) is 2.58. The van der Waals surface area contributed by atoms with Gasteiger partial charge in [-0.15, -0.1) is 0 Å². The summed E-state index contributed by atoms with van der Waals surface area (Å²) in [6.07, 6.45) is -1.00. The molecule has 2 aromatic carbocycles. The fourth-order valence-electron chi connectivity index (χ4n) is 2.19. The van der Waals surface area contributed by atoms with Crippen molar-refractivity contribution in [2.75, 3.05) is 26.1 Å². The quantitative estimate of drug-likeness (QED) is 0.596. The maximum atomic E-state index is 13.6. The maximum absolute atomic E-state index is 13.6. The number of nitrogens with zero attached hydrogens (tertiary/aromatic N) is 1. The van der Waals surface area contributed by atoms with Gasteiger partial charge in [-0.3, -0.25) is 10.1 Å². The topological polar surface area (TPSA) is 93.9 Å². The highest BCUT2D eigenvalue weighted by molar-refractivity contribution is 5.62. The first-order valence-electron chi connectivity index (χ1n) is 7.04. The van der Waals surface area contributed by atoms with Gasteiger partial charge in [0, 0.05) is 12.6 Å². The zero-order valence-corrected chi connectivity index (χ0v) is 13.2. The van der Waals surface area contributed by atoms with Crippen LogP contribution in [0.5, 0.6) is 11.5 Å². The van der Waals surface area contributed by atoms with Crippen molar-refractivity contribution in [1.82, 2.24) is 0 Å². The Labute approximate surface area is 137 Å². The van der Waals surface area contributed by atoms with E-state index in [-0.39, 0.29) is 12.2 Å². The lowest BCUT2D eigenvalue weighted by Crippen LogP contribution is -2.13. The summed E-state index contributed by atoms with van der Waals surface area (Å²) in [4.78, 5) is 10.1. The Morgan fingerprint density at radius 3 is 2.42 bits per heavy atom. The number of nitro groups is 1. The third-order valence-corrected chi connectivity index (χ3v) is 3.41. The molecule has 2 rings (SSSR count). The second-order valence-corrected chi connectivity index (χ2v) is 4.94. The number of hydrogen-bond donors (Lipinski definition) is 2. The number of hydrogen-bond acceptors (Lipinski definition) is 6. The highest BCUT2D eigenvalue weighted by Crippen LogP contribution is 2.29. The van der Waals surface area contributed by atoms with Crippen molar-refractivity contribution in [3.8, 4) is 11.5 Å². The third-order valence-electron chi connectivity index (χ3n) is 3.41. The third kappa shape index (κ3) is 3.90. The molecule has 0 saturated heterocycles. The Balaban J connectivity index is 2.18. The van der Waals surface area contributed by atoms with Crippen molar-refractivity contribution in [3.05, 3.63) is 57.9 Å². The van der Waals surface area contributed by atoms with Gasteiger partial charge in [0.2, 0.25) is 5.82 Å². The summed E-state index contributed by atoms with van der Waals surface area (Å²) < 4.78 is 23.8. The fraction of sp³-hybridized carbons (Fsp3) is 0.250. The van der Waals surface area contributed by atoms with Crippen LogP contribution in [0.3, 0.4) is 0 Å². The molecule has 0 fully saturated rings. The van der Waals surface area contributed by atoms with E-state index in [1.807, 2.05) is 0 Å². The summed E-state index contributed by atoms with van der Waals surface area (Å²) in [5.41, 5.74) is -0.167. The number of aliphatic hydroxyl groups is 1. The van der Waals surface area contributed by atoms with Crippen LogP contribution in [-0.4, -0.2) is 30.8 Å². The van der Waals surface area contributed by atoms with Crippen LogP contribution in [-0.2, 0) is 0 Å². The molecular formula is C16H17FN2O5. The standard InChI is InChI=1S/C16H17FN2O5/c1-23-11-6-10(7-12(8-11)24-2)15(20)9-18-14-5-3-4-13(17)16(14)19(21)22/h3-8,15,18,20H,9H2,1-2H3. The Morgan fingerprint density at radius 2 is 1.88 bits per heavy atom. The van der Waals surface area contributed by atoms with Gasteiger partial charge in [-0.25, -0.2) is 0 Å². The van der Waals surface area contributed by atoms with Crippen LogP contribution < -0.4 is 14.8 Å². The number of nitrogens with one attached hydrogen (secondary N) is 1. The molecular weight excluding hydrogens is 319 g/mol. The van der Waals surface area contributed by atoms with E-state index >= 15 is 0 Å². The van der Waals surface area contributed by atoms with Gasteiger partial charge in [0.25, 0.3) is 0 Å². The lowest BCUT2D eigenvalue weighted by Gasteiger charge is -2.15. The van der Waals surface area contributed by atoms with Crippen molar-refractivity contribution in [2.24, 2.45) is 0 Å². The highest BCUT2D eigenvalue weighted by atomic mass is 19.1. The van der Waals surface area contributed by atoms with E-state index in [0.29, 0.717) is 17.1 Å². The molecule has 1 atom stereocenters. The molecule has 8 heteroatoms. The van der Waals surface area contributed by atoms with Gasteiger partial charge in [-0.1, -0.05) is 6.07 Å². The van der Waals surface area contributed by atoms with E-state index in [4.69, 9.17) is 9.47 Å². The van der Waals surface area contributed by atoms with Crippen molar-refractivity contribution < 1.29 is 23.9 Å². The van der Waals surface area contributed by atoms with Crippen molar-refractivity contribution >= 4 is 11.4 Å². The van der Waals surface area contributed by atoms with E-state index < -0.39 is 22.5 Å². The highest BCUT2D eigenvalue weighted by Gasteiger charge is 2.20. The molecule has 0 amide bonds. The minimum absolute atomic E-state index is 0.00564. The van der Waals surface area contributed by atoms with Crippen LogP contribution in [0.1, 0.15) is 11.7 Å². The second kappa shape index (κ2) is 7.60. The van der Waals surface area contributed by atoms with Crippen LogP contribution in [0.15, 0.2) is 36.4 Å². The molecule has 2 aromatic rings. The maximum Gasteiger partial charge on any atom is 0.327 e. The number of ether oxygens (including phenoxy) is 2. The first-order valence-corrected chi connectivity index (χ1v) is 7.04. The first-order chi connectivity index (χ1) is 11.5. The molecule has 0 aliphatic carbocycles. The van der Waals surface area contributed by atoms with Gasteiger partial charge in [0.15, 0.2) is 0 Å². The van der Waals surface area contributed by atoms with Gasteiger partial charge in [0.1, 0.15) is 17.2 Å². The molecule has 0 radical (unpaired) electrons. The van der Waals surface area contributed by atoms with E-state index in [0.717, 1.165) is 6.07 Å². The van der Waals surface area contributed by atoms with Crippen LogP contribution in [0.4, 0.5) is 15.8 Å². The largest absolute Gasteiger partial charge is 0.497 e. The molecule has 24 heavy (non-hydrogen) atoms. The van der Waals surface area contributed by atoms with E-state index in [2.05, 4.69) is 5.32 Å². The summed E-state index contributed by atoms with van der Waals surface area (Å²) in [6, 6.07) is 8.63. The predicted octanol–water partition coefficient (Wildman–Crippen LogP) is 2.90. The molecule has 0 saturated carbocycles. The molecule has 1 unspecified atom stereocenters. The number of anilines is 1. The summed E-state index contributed by atoms with van der Waals surface area (Å²) in [5.74, 6) is 0.0582. The van der Waals surface area contributed by atoms with Crippen molar-refractivity contribution in [3.63, 3.8) is 0 Å². The minimum Gasteiger partial charge on any atom is -0.497 e. The molecule has 128 valence electrons. The number of benzene rings is 2. The summed E-state index contributed by atoms with van der Waals surface area (Å²) in [5, 5.41) is 23.9. The first kappa shape index (κ1) is 17.5. The lowest BCUT2D eigenvalue weighted by molar-refractivity contribution is -0.386. The van der Waals surface area contributed by atoms with Gasteiger partial charge in [-0.2, -0.15) is 4.39 Å². The monoisotopic (exact) mass is 336 g/mol. The Kier molecular flexibility index (Phi) is 5.54. The van der Waals surface area contributed by atoms with Crippen LogP contribution in [0, 0.1) is 15.9 Å². The summed E-state index contributed by atoms with van der Waals surface area (Å²) >= 11 is 0. The fourth-order valence-corrected chi connectivity index (χ4v) is 2.19. The lowest BCUT2D eigenvalue weighted by atomic mass is 10.1. The molecule has 0 aliphatic rings. The number of nitro benzene ring substituents is 1. The molecule has 0 heterocycles. The summed E-state index contributed by atoms with van der Waals surface area (Å²) in [7, 11) is 2.97. The Bertz CT molecular complexity index is 716. The van der Waals surface area contributed by atoms with Gasteiger partial charge in [0.05, 0.1) is 25.2 Å². The second-order valence-electron chi connectivity index (χ2n) is 4.94. The van der Waals surface area contributed by atoms with Gasteiger partial charge < -0.3 is 19.9 Å². The van der Waals surface area contributed by atoms with Crippen LogP contribution in [0.2, 0.25) is 0 Å². The van der Waals surface area contributed by atoms with Crippen molar-refractivity contribution in [2.45, 2.75) is 6.10 Å². The number of rotatable bonds is 7. The number of aliphatic hydroxyl groups excluding tert-OH is 1. The molecule has 0 bridgehead atoms. The SMILES string of the molecule is COc1cc(OC)cc(C(O)CNc2cccc(F)c2[N+](=O)[O-])c1. The Morgan fingerprint density at radius 1 is 1.25 bits per heavy atom. The van der Waals surface area contributed by atoms with E-state index in [1.165, 1.54) is 26.4 Å². The molecule has 2 N–H and O–H groups in total. The normalized spacial score (nSPS) is 11.7. The average molecular weight is 336 g/mol. The van der Waals surface area contributed by atoms with Gasteiger partial charge >= 0.3 is 5.69 Å². The van der Waals surface area contributed by atoms with Crippen molar-refractivity contribution in [1.29, 1.82) is 0 Å². The van der Waals surface area contributed by atoms with E-state index in [9.17, 15) is 19.6 Å². The molecule has 0 aromatic heterocycles. The van der Waals surface area contributed by atoms with Crippen LogP contribution in [0.25, 0.3) is 0 Å². The van der Waals surface area contributed by atoms with E-state index in [1.54, 1.807) is 18.2 Å². The molecule has 0 aliphatic heterocycles. The summed E-state index contributed by atoms with van der Waals surface area (Å²) in [6.45, 7) is -0.0549. The molecule has 0 spiro atoms. The zero-order valence-electron chi connectivity index (χ0n) is 13.2. The number of para-hydroxylation sites is 1. The number of halogens is 1. The predicted molar refractivity (Wildman–Crippen MR) is 86.0 cm³/mol. The smallest absolute Gasteiger partial charge is 0.327 e. The Hall–Kier alpha value is -2.87. The zero-order chi connectivity index (χ0) is 17.7.